The summed E-state index contributed by atoms with van der Waals surface area (Å²) in [4.78, 5) is 6.87. The zero-order chi connectivity index (χ0) is 18.3. The van der Waals surface area contributed by atoms with Gasteiger partial charge in [-0.25, -0.2) is 0 Å². The Hall–Kier alpha value is -0.120. The molecule has 156 valence electrons. The van der Waals surface area contributed by atoms with Gasteiger partial charge in [0.1, 0.15) is 0 Å². The van der Waals surface area contributed by atoms with E-state index >= 15 is 0 Å². The van der Waals surface area contributed by atoms with Gasteiger partial charge in [-0.15, -0.1) is 24.0 Å². The molecule has 1 atom stereocenters. The van der Waals surface area contributed by atoms with E-state index in [-0.39, 0.29) is 24.0 Å². The van der Waals surface area contributed by atoms with E-state index in [0.29, 0.717) is 31.8 Å². The maximum Gasteiger partial charge on any atom is 0.191 e. The second kappa shape index (κ2) is 17.0. The Bertz CT molecular complexity index is 356. The molecule has 0 radical (unpaired) electrons. The predicted octanol–water partition coefficient (Wildman–Crippen LogP) is 2.72. The number of hydrogen-bond donors (Lipinski definition) is 2. The summed E-state index contributed by atoms with van der Waals surface area (Å²) >= 11 is 0. The minimum atomic E-state index is 0. The fraction of sp³-hybridized carbons (Fsp3) is 0.947. The molecule has 1 unspecified atom stereocenters. The molecule has 7 heteroatoms. The summed E-state index contributed by atoms with van der Waals surface area (Å²) in [5.74, 6) is 1.57. The van der Waals surface area contributed by atoms with Crippen LogP contribution < -0.4 is 10.6 Å². The molecule has 1 aliphatic rings. The van der Waals surface area contributed by atoms with Crippen LogP contribution in [0.4, 0.5) is 0 Å². The molecular weight excluding hydrogens is 443 g/mol. The molecule has 26 heavy (non-hydrogen) atoms. The van der Waals surface area contributed by atoms with Gasteiger partial charge < -0.3 is 25.0 Å². The molecule has 0 aliphatic carbocycles. The third kappa shape index (κ3) is 12.3. The van der Waals surface area contributed by atoms with Crippen molar-refractivity contribution in [2.24, 2.45) is 10.9 Å². The van der Waals surface area contributed by atoms with Crippen LogP contribution in [0.25, 0.3) is 0 Å². The van der Waals surface area contributed by atoms with E-state index < -0.39 is 0 Å². The lowest BCUT2D eigenvalue weighted by Gasteiger charge is -2.35. The number of nitrogens with zero attached hydrogens (tertiary/aromatic N) is 2. The normalized spacial score (nSPS) is 18.7. The molecule has 1 aliphatic heterocycles. The molecule has 0 aromatic rings. The molecule has 1 rings (SSSR count). The smallest absolute Gasteiger partial charge is 0.191 e. The standard InChI is InChI=1S/C19H40N4O2.HI/c1-5-6-11-24-13-14-25-12-9-21-19(20-4)22-15-18-8-7-10-23(16-18)17(2)3;/h17-18H,5-16H2,1-4H3,(H2,20,21,22);1H. The Morgan fingerprint density at radius 2 is 1.88 bits per heavy atom. The number of halogens is 1. The average Bonchev–Trinajstić information content (AvgIpc) is 2.63. The zero-order valence-electron chi connectivity index (χ0n) is 17.3. The number of hydrogen-bond acceptors (Lipinski definition) is 4. The third-order valence-electron chi connectivity index (χ3n) is 4.62. The number of unbranched alkanes of at least 4 members (excludes halogenated alkanes) is 1. The van der Waals surface area contributed by atoms with Gasteiger partial charge in [0.25, 0.3) is 0 Å². The molecule has 0 aromatic heterocycles. The number of guanidine groups is 1. The Kier molecular flexibility index (Phi) is 16.9. The lowest BCUT2D eigenvalue weighted by Crippen LogP contribution is -2.46. The molecular formula is C19H41IN4O2. The summed E-state index contributed by atoms with van der Waals surface area (Å²) in [6.45, 7) is 13.7. The minimum absolute atomic E-state index is 0. The number of nitrogens with one attached hydrogen (secondary N) is 2. The summed E-state index contributed by atoms with van der Waals surface area (Å²) in [7, 11) is 1.82. The van der Waals surface area contributed by atoms with Crippen LogP contribution in [0, 0.1) is 5.92 Å². The monoisotopic (exact) mass is 484 g/mol. The van der Waals surface area contributed by atoms with E-state index in [1.165, 1.54) is 32.4 Å². The largest absolute Gasteiger partial charge is 0.379 e. The molecule has 2 N–H and O–H groups in total. The maximum atomic E-state index is 5.57. The highest BCUT2D eigenvalue weighted by atomic mass is 127. The second-order valence-electron chi connectivity index (χ2n) is 7.06. The van der Waals surface area contributed by atoms with Crippen molar-refractivity contribution < 1.29 is 9.47 Å². The van der Waals surface area contributed by atoms with Crippen LogP contribution in [0.2, 0.25) is 0 Å². The van der Waals surface area contributed by atoms with Crippen LogP contribution in [0.3, 0.4) is 0 Å². The van der Waals surface area contributed by atoms with Gasteiger partial charge in [-0.3, -0.25) is 4.99 Å². The Morgan fingerprint density at radius 3 is 2.54 bits per heavy atom. The van der Waals surface area contributed by atoms with Crippen molar-refractivity contribution in [1.82, 2.24) is 15.5 Å². The van der Waals surface area contributed by atoms with Crippen molar-refractivity contribution in [3.8, 4) is 0 Å². The topological polar surface area (TPSA) is 58.1 Å². The van der Waals surface area contributed by atoms with E-state index in [1.807, 2.05) is 7.05 Å². The third-order valence-corrected chi connectivity index (χ3v) is 4.62. The first-order chi connectivity index (χ1) is 12.2. The highest BCUT2D eigenvalue weighted by molar-refractivity contribution is 14.0. The van der Waals surface area contributed by atoms with Gasteiger partial charge in [0, 0.05) is 39.3 Å². The predicted molar refractivity (Wildman–Crippen MR) is 121 cm³/mol. The summed E-state index contributed by atoms with van der Waals surface area (Å²) in [5.41, 5.74) is 0. The first kappa shape index (κ1) is 25.9. The number of ether oxygens (including phenoxy) is 2. The van der Waals surface area contributed by atoms with Crippen LogP contribution in [0.5, 0.6) is 0 Å². The first-order valence-electron chi connectivity index (χ1n) is 10.0. The van der Waals surface area contributed by atoms with Crippen molar-refractivity contribution in [3.05, 3.63) is 0 Å². The molecule has 0 saturated carbocycles. The minimum Gasteiger partial charge on any atom is -0.379 e. The van der Waals surface area contributed by atoms with E-state index in [4.69, 9.17) is 9.47 Å². The fourth-order valence-corrected chi connectivity index (χ4v) is 3.00. The Labute approximate surface area is 177 Å². The van der Waals surface area contributed by atoms with Crippen molar-refractivity contribution in [2.75, 3.05) is 59.7 Å². The Morgan fingerprint density at radius 1 is 1.15 bits per heavy atom. The SMILES string of the molecule is CCCCOCCOCCNC(=NC)NCC1CCCN(C(C)C)C1.I. The van der Waals surface area contributed by atoms with Crippen molar-refractivity contribution in [2.45, 2.75) is 52.5 Å². The van der Waals surface area contributed by atoms with E-state index in [2.05, 4.69) is 41.3 Å². The van der Waals surface area contributed by atoms with Crippen molar-refractivity contribution in [1.29, 1.82) is 0 Å². The van der Waals surface area contributed by atoms with Crippen molar-refractivity contribution in [3.63, 3.8) is 0 Å². The maximum absolute atomic E-state index is 5.57. The summed E-state index contributed by atoms with van der Waals surface area (Å²) in [6, 6.07) is 0.642. The molecule has 0 bridgehead atoms. The van der Waals surface area contributed by atoms with Crippen LogP contribution in [0.15, 0.2) is 4.99 Å². The van der Waals surface area contributed by atoms with Crippen LogP contribution >= 0.6 is 24.0 Å². The molecule has 0 spiro atoms. The quantitative estimate of drug-likeness (QED) is 0.193. The number of rotatable bonds is 12. The lowest BCUT2D eigenvalue weighted by atomic mass is 9.97. The Balaban J connectivity index is 0.00000625. The molecule has 1 saturated heterocycles. The molecule has 0 aromatic carbocycles. The highest BCUT2D eigenvalue weighted by Gasteiger charge is 2.21. The van der Waals surface area contributed by atoms with Gasteiger partial charge in [0.15, 0.2) is 5.96 Å². The van der Waals surface area contributed by atoms with Gasteiger partial charge >= 0.3 is 0 Å². The molecule has 1 fully saturated rings. The lowest BCUT2D eigenvalue weighted by molar-refractivity contribution is 0.0487. The van der Waals surface area contributed by atoms with Gasteiger partial charge in [0.05, 0.1) is 19.8 Å². The van der Waals surface area contributed by atoms with E-state index in [1.54, 1.807) is 0 Å². The summed E-state index contributed by atoms with van der Waals surface area (Å²) < 4.78 is 11.0. The van der Waals surface area contributed by atoms with Crippen LogP contribution in [-0.4, -0.2) is 76.6 Å². The van der Waals surface area contributed by atoms with Gasteiger partial charge in [-0.05, 0) is 45.6 Å². The summed E-state index contributed by atoms with van der Waals surface area (Å²) in [5, 5.41) is 6.77. The molecule has 0 amide bonds. The van der Waals surface area contributed by atoms with E-state index in [9.17, 15) is 0 Å². The van der Waals surface area contributed by atoms with Gasteiger partial charge in [0.2, 0.25) is 0 Å². The molecule has 1 heterocycles. The van der Waals surface area contributed by atoms with Gasteiger partial charge in [-0.1, -0.05) is 13.3 Å². The zero-order valence-corrected chi connectivity index (χ0v) is 19.6. The van der Waals surface area contributed by atoms with Gasteiger partial charge in [-0.2, -0.15) is 0 Å². The second-order valence-corrected chi connectivity index (χ2v) is 7.06. The van der Waals surface area contributed by atoms with Crippen molar-refractivity contribution >= 4 is 29.9 Å². The first-order valence-corrected chi connectivity index (χ1v) is 10.0. The summed E-state index contributed by atoms with van der Waals surface area (Å²) in [6.07, 6.45) is 4.89. The fourth-order valence-electron chi connectivity index (χ4n) is 3.00. The number of piperidine rings is 1. The number of likely N-dealkylation sites (tertiary alicyclic amines) is 1. The highest BCUT2D eigenvalue weighted by Crippen LogP contribution is 2.17. The van der Waals surface area contributed by atoms with Crippen LogP contribution in [0.1, 0.15) is 46.5 Å². The van der Waals surface area contributed by atoms with Crippen LogP contribution in [-0.2, 0) is 9.47 Å². The average molecular weight is 484 g/mol. The number of aliphatic imine (C=N–C) groups is 1. The molecule has 6 nitrogen and oxygen atoms in total. The van der Waals surface area contributed by atoms with E-state index in [0.717, 1.165) is 32.1 Å².